The summed E-state index contributed by atoms with van der Waals surface area (Å²) in [5, 5.41) is 8.87. The van der Waals surface area contributed by atoms with Gasteiger partial charge >= 0.3 is 5.97 Å². The molecule has 0 aliphatic rings. The number of thiophene rings is 1. The average molecular weight is 312 g/mol. The molecule has 106 valence electrons. The molecule has 0 saturated carbocycles. The Labute approximate surface area is 120 Å². The summed E-state index contributed by atoms with van der Waals surface area (Å²) in [7, 11) is -3.76. The number of nitrogens with zero attached hydrogens (tertiary/aromatic N) is 1. The molecule has 0 bridgehead atoms. The van der Waals surface area contributed by atoms with Gasteiger partial charge in [0.1, 0.15) is 10.7 Å². The van der Waals surface area contributed by atoms with Gasteiger partial charge in [-0.1, -0.05) is 0 Å². The van der Waals surface area contributed by atoms with Crippen molar-refractivity contribution in [2.24, 2.45) is 0 Å². The summed E-state index contributed by atoms with van der Waals surface area (Å²) in [6, 6.07) is 4.04. The largest absolute Gasteiger partial charge is 0.478 e. The molecule has 8 heteroatoms. The highest BCUT2D eigenvalue weighted by atomic mass is 32.2. The summed E-state index contributed by atoms with van der Waals surface area (Å²) in [4.78, 5) is 16.4. The van der Waals surface area contributed by atoms with Gasteiger partial charge < -0.3 is 5.11 Å². The van der Waals surface area contributed by atoms with Crippen molar-refractivity contribution >= 4 is 33.1 Å². The zero-order valence-corrected chi connectivity index (χ0v) is 12.4. The maximum Gasteiger partial charge on any atom is 0.335 e. The molecule has 0 spiro atoms. The highest BCUT2D eigenvalue weighted by Crippen LogP contribution is 2.26. The first-order valence-corrected chi connectivity index (χ1v) is 7.89. The number of aromatic nitrogens is 1. The van der Waals surface area contributed by atoms with Crippen LogP contribution in [0.2, 0.25) is 0 Å². The van der Waals surface area contributed by atoms with E-state index in [-0.39, 0.29) is 16.3 Å². The number of carboxylic acids is 1. The molecular formula is C12H12N2O4S2. The molecule has 2 aromatic rings. The summed E-state index contributed by atoms with van der Waals surface area (Å²) in [5.74, 6) is -1.16. The molecule has 2 aromatic heterocycles. The van der Waals surface area contributed by atoms with Crippen LogP contribution in [-0.2, 0) is 10.0 Å². The van der Waals surface area contributed by atoms with Crippen LogP contribution in [0.5, 0.6) is 0 Å². The highest BCUT2D eigenvalue weighted by Gasteiger charge is 2.20. The molecule has 2 rings (SSSR count). The molecule has 0 atom stereocenters. The summed E-state index contributed by atoms with van der Waals surface area (Å²) >= 11 is 1.38. The Bertz CT molecular complexity index is 766. The minimum absolute atomic E-state index is 0.0202. The maximum absolute atomic E-state index is 12.2. The van der Waals surface area contributed by atoms with Gasteiger partial charge in [-0.3, -0.25) is 4.72 Å². The zero-order valence-electron chi connectivity index (χ0n) is 10.7. The third-order valence-corrected chi connectivity index (χ3v) is 5.11. The Hall–Kier alpha value is -1.93. The first-order chi connectivity index (χ1) is 9.29. The molecule has 0 aromatic carbocycles. The second kappa shape index (κ2) is 5.22. The highest BCUT2D eigenvalue weighted by molar-refractivity contribution is 7.93. The van der Waals surface area contributed by atoms with Gasteiger partial charge in [0.2, 0.25) is 0 Å². The van der Waals surface area contributed by atoms with E-state index in [0.29, 0.717) is 4.88 Å². The molecule has 20 heavy (non-hydrogen) atoms. The van der Waals surface area contributed by atoms with Crippen LogP contribution in [0, 0.1) is 13.8 Å². The Balaban J connectivity index is 2.36. The molecule has 2 heterocycles. The van der Waals surface area contributed by atoms with Crippen LogP contribution in [0.4, 0.5) is 5.82 Å². The van der Waals surface area contributed by atoms with E-state index in [9.17, 15) is 13.2 Å². The number of nitrogens with one attached hydrogen (secondary N) is 1. The van der Waals surface area contributed by atoms with Crippen LogP contribution >= 0.6 is 11.3 Å². The Morgan fingerprint density at radius 1 is 1.35 bits per heavy atom. The summed E-state index contributed by atoms with van der Waals surface area (Å²) in [6.45, 7) is 3.54. The number of hydrogen-bond donors (Lipinski definition) is 2. The predicted octanol–water partition coefficient (Wildman–Crippen LogP) is 2.26. The number of pyridine rings is 1. The van der Waals surface area contributed by atoms with Crippen molar-refractivity contribution in [2.45, 2.75) is 18.7 Å². The number of aromatic carboxylic acids is 1. The van der Waals surface area contributed by atoms with Crippen molar-refractivity contribution in [3.8, 4) is 0 Å². The number of anilines is 1. The molecule has 0 unspecified atom stereocenters. The van der Waals surface area contributed by atoms with Crippen molar-refractivity contribution in [3.05, 3.63) is 39.7 Å². The Kier molecular flexibility index (Phi) is 3.78. The van der Waals surface area contributed by atoms with E-state index in [0.717, 1.165) is 4.88 Å². The SMILES string of the molecule is Cc1cc(S(=O)(=O)Nc2cc(C(=O)O)ccn2)c(C)s1. The van der Waals surface area contributed by atoms with Crippen molar-refractivity contribution in [2.75, 3.05) is 4.72 Å². The van der Waals surface area contributed by atoms with Crippen LogP contribution in [0.25, 0.3) is 0 Å². The lowest BCUT2D eigenvalue weighted by Gasteiger charge is -2.07. The van der Waals surface area contributed by atoms with E-state index in [4.69, 9.17) is 5.11 Å². The minimum atomic E-state index is -3.76. The fraction of sp³-hybridized carbons (Fsp3) is 0.167. The summed E-state index contributed by atoms with van der Waals surface area (Å²) in [5.41, 5.74) is -0.0316. The van der Waals surface area contributed by atoms with E-state index >= 15 is 0 Å². The molecule has 0 fully saturated rings. The number of carboxylic acid groups (broad SMARTS) is 1. The van der Waals surface area contributed by atoms with E-state index in [1.54, 1.807) is 13.0 Å². The monoisotopic (exact) mass is 312 g/mol. The van der Waals surface area contributed by atoms with Crippen LogP contribution in [0.15, 0.2) is 29.3 Å². The van der Waals surface area contributed by atoms with Gasteiger partial charge in [0.05, 0.1) is 5.56 Å². The molecule has 0 amide bonds. The molecule has 0 aliphatic carbocycles. The standard InChI is InChI=1S/C12H12N2O4S2/c1-7-5-10(8(2)19-7)20(17,18)14-11-6-9(12(15)16)3-4-13-11/h3-6H,1-2H3,(H,13,14)(H,15,16). The fourth-order valence-corrected chi connectivity index (χ4v) is 4.24. The number of hydrogen-bond acceptors (Lipinski definition) is 5. The van der Waals surface area contributed by atoms with E-state index < -0.39 is 16.0 Å². The zero-order chi connectivity index (χ0) is 14.9. The fourth-order valence-electron chi connectivity index (χ4n) is 1.69. The maximum atomic E-state index is 12.2. The van der Waals surface area contributed by atoms with E-state index in [1.165, 1.54) is 29.7 Å². The lowest BCUT2D eigenvalue weighted by Crippen LogP contribution is -2.14. The molecule has 0 saturated heterocycles. The van der Waals surface area contributed by atoms with Gasteiger partial charge in [0.15, 0.2) is 0 Å². The minimum Gasteiger partial charge on any atom is -0.478 e. The van der Waals surface area contributed by atoms with Gasteiger partial charge in [-0.25, -0.2) is 18.2 Å². The first-order valence-electron chi connectivity index (χ1n) is 5.59. The van der Waals surface area contributed by atoms with Gasteiger partial charge in [-0.15, -0.1) is 11.3 Å². The van der Waals surface area contributed by atoms with Crippen molar-refractivity contribution in [1.29, 1.82) is 0 Å². The average Bonchev–Trinajstić information content (AvgIpc) is 2.69. The predicted molar refractivity (Wildman–Crippen MR) is 75.8 cm³/mol. The topological polar surface area (TPSA) is 96.4 Å². The van der Waals surface area contributed by atoms with Gasteiger partial charge in [0.25, 0.3) is 10.0 Å². The Morgan fingerprint density at radius 3 is 2.60 bits per heavy atom. The van der Waals surface area contributed by atoms with Gasteiger partial charge in [0, 0.05) is 16.0 Å². The van der Waals surface area contributed by atoms with E-state index in [1.807, 2.05) is 6.92 Å². The second-order valence-corrected chi connectivity index (χ2v) is 7.23. The molecule has 2 N–H and O–H groups in total. The third-order valence-electron chi connectivity index (χ3n) is 2.53. The number of sulfonamides is 1. The first kappa shape index (κ1) is 14.5. The molecular weight excluding hydrogens is 300 g/mol. The summed E-state index contributed by atoms with van der Waals surface area (Å²) in [6.07, 6.45) is 1.24. The van der Waals surface area contributed by atoms with Crippen molar-refractivity contribution in [3.63, 3.8) is 0 Å². The molecule has 0 radical (unpaired) electrons. The third kappa shape index (κ3) is 2.97. The molecule has 0 aliphatic heterocycles. The van der Waals surface area contributed by atoms with Crippen molar-refractivity contribution in [1.82, 2.24) is 4.98 Å². The van der Waals surface area contributed by atoms with Crippen LogP contribution in [-0.4, -0.2) is 24.5 Å². The summed E-state index contributed by atoms with van der Waals surface area (Å²) < 4.78 is 26.7. The van der Waals surface area contributed by atoms with Crippen molar-refractivity contribution < 1.29 is 18.3 Å². The number of carbonyl (C=O) groups is 1. The van der Waals surface area contributed by atoms with E-state index in [2.05, 4.69) is 9.71 Å². The van der Waals surface area contributed by atoms with Crippen LogP contribution in [0.3, 0.4) is 0 Å². The number of aryl methyl sites for hydroxylation is 2. The van der Waals surface area contributed by atoms with Crippen LogP contribution < -0.4 is 4.72 Å². The van der Waals surface area contributed by atoms with Gasteiger partial charge in [-0.2, -0.15) is 0 Å². The van der Waals surface area contributed by atoms with Crippen LogP contribution in [0.1, 0.15) is 20.1 Å². The quantitative estimate of drug-likeness (QED) is 0.902. The smallest absolute Gasteiger partial charge is 0.335 e. The normalized spacial score (nSPS) is 11.3. The molecule has 6 nitrogen and oxygen atoms in total. The number of rotatable bonds is 4. The lowest BCUT2D eigenvalue weighted by atomic mass is 10.3. The van der Waals surface area contributed by atoms with Gasteiger partial charge in [-0.05, 0) is 32.0 Å². The lowest BCUT2D eigenvalue weighted by molar-refractivity contribution is 0.0697. The second-order valence-electron chi connectivity index (χ2n) is 4.12. The Morgan fingerprint density at radius 2 is 2.05 bits per heavy atom.